The van der Waals surface area contributed by atoms with Crippen LogP contribution in [0.5, 0.6) is 0 Å². The Hall–Kier alpha value is -2.82. The van der Waals surface area contributed by atoms with Crippen LogP contribution in [0, 0.1) is 0 Å². The van der Waals surface area contributed by atoms with Crippen LogP contribution in [-0.2, 0) is 0 Å². The summed E-state index contributed by atoms with van der Waals surface area (Å²) >= 11 is 0. The first kappa shape index (κ1) is 16.5. The van der Waals surface area contributed by atoms with Crippen molar-refractivity contribution in [2.24, 2.45) is 4.99 Å². The van der Waals surface area contributed by atoms with Crippen LogP contribution in [0.25, 0.3) is 0 Å². The van der Waals surface area contributed by atoms with Gasteiger partial charge in [0.05, 0.1) is 28.2 Å². The van der Waals surface area contributed by atoms with Gasteiger partial charge in [0.2, 0.25) is 0 Å². The van der Waals surface area contributed by atoms with Crippen LogP contribution in [0.15, 0.2) is 65.7 Å². The first-order valence-electron chi connectivity index (χ1n) is 7.50. The zero-order chi connectivity index (χ0) is 16.7. The van der Waals surface area contributed by atoms with E-state index < -0.39 is 0 Å². The quantitative estimate of drug-likeness (QED) is 0.509. The highest BCUT2D eigenvalue weighted by Crippen LogP contribution is 2.09. The second-order valence-corrected chi connectivity index (χ2v) is 5.53. The molecule has 2 aromatic carbocycles. The molecule has 2 N–H and O–H groups in total. The fourth-order valence-corrected chi connectivity index (χ4v) is 2.10. The highest BCUT2D eigenvalue weighted by molar-refractivity contribution is 6.08. The molecule has 0 unspecified atom stereocenters. The number of guanidine groups is 2. The van der Waals surface area contributed by atoms with Crippen LogP contribution < -0.4 is 10.6 Å². The van der Waals surface area contributed by atoms with E-state index in [-0.39, 0.29) is 0 Å². The summed E-state index contributed by atoms with van der Waals surface area (Å²) in [7, 11) is 7.89. The van der Waals surface area contributed by atoms with Crippen LogP contribution in [0.3, 0.4) is 0 Å². The van der Waals surface area contributed by atoms with Crippen molar-refractivity contribution in [2.75, 3.05) is 38.8 Å². The van der Waals surface area contributed by atoms with E-state index in [1.807, 2.05) is 98.3 Å². The van der Waals surface area contributed by atoms with Crippen LogP contribution in [0.2, 0.25) is 0 Å². The maximum Gasteiger partial charge on any atom is 0.392 e. The molecule has 0 amide bonds. The molecule has 0 spiro atoms. The molecular formula is C18H24N5+. The Morgan fingerprint density at radius 1 is 0.826 bits per heavy atom. The van der Waals surface area contributed by atoms with Crippen molar-refractivity contribution < 1.29 is 4.58 Å². The van der Waals surface area contributed by atoms with Gasteiger partial charge < -0.3 is 10.6 Å². The van der Waals surface area contributed by atoms with Gasteiger partial charge in [-0.05, 0) is 29.3 Å². The lowest BCUT2D eigenvalue weighted by Crippen LogP contribution is -2.32. The van der Waals surface area contributed by atoms with Gasteiger partial charge in [-0.1, -0.05) is 36.4 Å². The Bertz CT molecular complexity index is 628. The van der Waals surface area contributed by atoms with Gasteiger partial charge in [0, 0.05) is 11.4 Å². The highest BCUT2D eigenvalue weighted by atomic mass is 15.3. The van der Waals surface area contributed by atoms with Gasteiger partial charge in [0.1, 0.15) is 0 Å². The molecule has 23 heavy (non-hydrogen) atoms. The fraction of sp³-hybridized carbons (Fsp3) is 0.222. The minimum absolute atomic E-state index is 0.666. The summed E-state index contributed by atoms with van der Waals surface area (Å²) in [5, 5.41) is 6.66. The van der Waals surface area contributed by atoms with Crippen LogP contribution in [0.4, 0.5) is 11.4 Å². The Morgan fingerprint density at radius 3 is 1.61 bits per heavy atom. The molecule has 2 aromatic rings. The van der Waals surface area contributed by atoms with E-state index in [4.69, 9.17) is 4.99 Å². The zero-order valence-electron chi connectivity index (χ0n) is 14.1. The van der Waals surface area contributed by atoms with Gasteiger partial charge in [-0.25, -0.2) is 0 Å². The molecule has 0 fully saturated rings. The molecule has 0 heterocycles. The standard InChI is InChI=1S/C18H23N5/c1-22(2)18(23(3)4)21-17(19-15-11-7-5-8-12-15)20-16-13-9-6-10-14-16/h5-14H,1-4H3,(H,19,20)/p+1. The van der Waals surface area contributed by atoms with Crippen molar-refractivity contribution in [3.05, 3.63) is 60.7 Å². The van der Waals surface area contributed by atoms with Crippen molar-refractivity contribution in [1.82, 2.24) is 4.90 Å². The van der Waals surface area contributed by atoms with Crippen molar-refractivity contribution >= 4 is 23.3 Å². The molecule has 0 saturated carbocycles. The third kappa shape index (κ3) is 5.14. The number of hydrogen-bond acceptors (Lipinski definition) is 0. The lowest BCUT2D eigenvalue weighted by atomic mass is 10.3. The summed E-state index contributed by atoms with van der Waals surface area (Å²) in [6.07, 6.45) is 0. The van der Waals surface area contributed by atoms with Gasteiger partial charge in [-0.2, -0.15) is 0 Å². The molecule has 0 aliphatic carbocycles. The molecule has 0 atom stereocenters. The molecule has 2 rings (SSSR count). The van der Waals surface area contributed by atoms with E-state index in [0.29, 0.717) is 5.96 Å². The van der Waals surface area contributed by atoms with Gasteiger partial charge in [0.25, 0.3) is 5.96 Å². The minimum Gasteiger partial charge on any atom is -0.312 e. The van der Waals surface area contributed by atoms with E-state index in [0.717, 1.165) is 17.3 Å². The molecule has 0 bridgehead atoms. The lowest BCUT2D eigenvalue weighted by molar-refractivity contribution is -0.470. The number of aliphatic imine (C=N–C) groups is 1. The number of nitrogens with one attached hydrogen (secondary N) is 2. The largest absolute Gasteiger partial charge is 0.392 e. The van der Waals surface area contributed by atoms with Crippen LogP contribution in [0.1, 0.15) is 0 Å². The first-order valence-corrected chi connectivity index (χ1v) is 7.50. The Kier molecular flexibility index (Phi) is 5.74. The van der Waals surface area contributed by atoms with E-state index in [1.165, 1.54) is 0 Å². The number of nitrogens with zero attached hydrogens (tertiary/aromatic N) is 3. The Balaban J connectivity index is 2.32. The topological polar surface area (TPSA) is 42.7 Å². The molecule has 120 valence electrons. The van der Waals surface area contributed by atoms with Crippen molar-refractivity contribution in [3.63, 3.8) is 0 Å². The molecular weight excluding hydrogens is 286 g/mol. The van der Waals surface area contributed by atoms with E-state index >= 15 is 0 Å². The van der Waals surface area contributed by atoms with Crippen molar-refractivity contribution in [3.8, 4) is 0 Å². The fourth-order valence-electron chi connectivity index (χ4n) is 2.10. The summed E-state index contributed by atoms with van der Waals surface area (Å²) in [6, 6.07) is 20.0. The SMILES string of the molecule is CN(C)C(N=C(Nc1ccccc1)Nc1ccccc1)=[N+](C)C. The minimum atomic E-state index is 0.666. The molecule has 0 aromatic heterocycles. The summed E-state index contributed by atoms with van der Waals surface area (Å²) in [5.41, 5.74) is 1.96. The summed E-state index contributed by atoms with van der Waals surface area (Å²) < 4.78 is 1.97. The molecule has 0 saturated heterocycles. The Labute approximate surface area is 138 Å². The average Bonchev–Trinajstić information content (AvgIpc) is 2.53. The lowest BCUT2D eigenvalue weighted by Gasteiger charge is -2.12. The molecule has 0 aliphatic rings. The maximum atomic E-state index is 4.73. The predicted molar refractivity (Wildman–Crippen MR) is 98.4 cm³/mol. The number of hydrogen-bond donors (Lipinski definition) is 2. The second-order valence-electron chi connectivity index (χ2n) is 5.53. The molecule has 5 nitrogen and oxygen atoms in total. The number of para-hydroxylation sites is 2. The summed E-state index contributed by atoms with van der Waals surface area (Å²) in [4.78, 5) is 6.70. The normalized spacial score (nSPS) is 9.74. The van der Waals surface area contributed by atoms with Gasteiger partial charge in [-0.15, -0.1) is 0 Å². The van der Waals surface area contributed by atoms with Crippen molar-refractivity contribution in [1.29, 1.82) is 0 Å². The summed E-state index contributed by atoms with van der Waals surface area (Å²) in [6.45, 7) is 0. The Morgan fingerprint density at radius 2 is 1.26 bits per heavy atom. The third-order valence-corrected chi connectivity index (χ3v) is 3.08. The number of rotatable bonds is 2. The van der Waals surface area contributed by atoms with Crippen LogP contribution >= 0.6 is 0 Å². The molecule has 0 radical (unpaired) electrons. The van der Waals surface area contributed by atoms with E-state index in [2.05, 4.69) is 10.6 Å². The molecule has 5 heteroatoms. The number of anilines is 2. The average molecular weight is 310 g/mol. The first-order chi connectivity index (χ1) is 11.1. The smallest absolute Gasteiger partial charge is 0.312 e. The van der Waals surface area contributed by atoms with E-state index in [1.54, 1.807) is 0 Å². The predicted octanol–water partition coefficient (Wildman–Crippen LogP) is 2.76. The van der Waals surface area contributed by atoms with Crippen molar-refractivity contribution in [2.45, 2.75) is 0 Å². The number of benzene rings is 2. The monoisotopic (exact) mass is 310 g/mol. The maximum absolute atomic E-state index is 4.73. The summed E-state index contributed by atoms with van der Waals surface area (Å²) in [5.74, 6) is 1.51. The highest BCUT2D eigenvalue weighted by Gasteiger charge is 2.15. The zero-order valence-corrected chi connectivity index (χ0v) is 14.1. The van der Waals surface area contributed by atoms with Crippen LogP contribution in [-0.4, -0.2) is 49.6 Å². The second kappa shape index (κ2) is 7.98. The van der Waals surface area contributed by atoms with Gasteiger partial charge in [-0.3, -0.25) is 9.48 Å². The van der Waals surface area contributed by atoms with Gasteiger partial charge >= 0.3 is 5.96 Å². The third-order valence-electron chi connectivity index (χ3n) is 3.08. The van der Waals surface area contributed by atoms with Gasteiger partial charge in [0.15, 0.2) is 0 Å². The van der Waals surface area contributed by atoms with E-state index in [9.17, 15) is 0 Å². The molecule has 0 aliphatic heterocycles.